The molecule has 1 N–H and O–H groups in total. The third-order valence-corrected chi connectivity index (χ3v) is 5.01. The molecule has 1 aromatic carbocycles. The Morgan fingerprint density at radius 2 is 1.93 bits per heavy atom. The maximum absolute atomic E-state index is 12.7. The Morgan fingerprint density at radius 3 is 2.67 bits per heavy atom. The van der Waals surface area contributed by atoms with E-state index in [1.165, 1.54) is 0 Å². The molecule has 1 aromatic rings. The van der Waals surface area contributed by atoms with Crippen molar-refractivity contribution in [3.63, 3.8) is 0 Å². The predicted molar refractivity (Wildman–Crippen MR) is 97.9 cm³/mol. The van der Waals surface area contributed by atoms with Crippen molar-refractivity contribution in [2.24, 2.45) is 0 Å². The lowest BCUT2D eigenvalue weighted by molar-refractivity contribution is -0.146. The zero-order chi connectivity index (χ0) is 19.3. The molecule has 7 heteroatoms. The molecule has 1 fully saturated rings. The van der Waals surface area contributed by atoms with Gasteiger partial charge in [0.2, 0.25) is 6.79 Å². The SMILES string of the molecule is CCOC(=O)CC1(NC(=O)[C@H](C)Oc2ccc3c(c2)OCO3)CCCCC1. The lowest BCUT2D eigenvalue weighted by atomic mass is 9.79. The normalized spacial score (nSPS) is 18.4. The van der Waals surface area contributed by atoms with Crippen LogP contribution in [0.5, 0.6) is 17.2 Å². The van der Waals surface area contributed by atoms with Gasteiger partial charge in [-0.3, -0.25) is 9.59 Å². The second kappa shape index (κ2) is 8.50. The van der Waals surface area contributed by atoms with E-state index < -0.39 is 11.6 Å². The van der Waals surface area contributed by atoms with E-state index in [2.05, 4.69) is 5.32 Å². The van der Waals surface area contributed by atoms with Crippen LogP contribution < -0.4 is 19.5 Å². The van der Waals surface area contributed by atoms with Crippen LogP contribution in [-0.2, 0) is 14.3 Å². The van der Waals surface area contributed by atoms with Gasteiger partial charge in [0.05, 0.1) is 18.6 Å². The van der Waals surface area contributed by atoms with E-state index in [4.69, 9.17) is 18.9 Å². The molecule has 1 aliphatic carbocycles. The number of esters is 1. The van der Waals surface area contributed by atoms with Crippen molar-refractivity contribution in [1.82, 2.24) is 5.32 Å². The maximum Gasteiger partial charge on any atom is 0.308 e. The molecule has 1 atom stereocenters. The highest BCUT2D eigenvalue weighted by Crippen LogP contribution is 2.35. The molecule has 1 aliphatic heterocycles. The number of fused-ring (bicyclic) bond motifs is 1. The Kier molecular flexibility index (Phi) is 6.08. The average Bonchev–Trinajstić information content (AvgIpc) is 3.10. The van der Waals surface area contributed by atoms with Crippen LogP contribution in [0.1, 0.15) is 52.4 Å². The first-order valence-corrected chi connectivity index (χ1v) is 9.55. The first kappa shape index (κ1) is 19.3. The minimum Gasteiger partial charge on any atom is -0.481 e. The minimum atomic E-state index is -0.702. The molecule has 0 saturated heterocycles. The summed E-state index contributed by atoms with van der Waals surface area (Å²) in [7, 11) is 0. The number of hydrogen-bond acceptors (Lipinski definition) is 6. The Hall–Kier alpha value is -2.44. The lowest BCUT2D eigenvalue weighted by Gasteiger charge is -2.38. The van der Waals surface area contributed by atoms with Crippen molar-refractivity contribution < 1.29 is 28.5 Å². The summed E-state index contributed by atoms with van der Waals surface area (Å²) in [5.74, 6) is 1.29. The molecular formula is C20H27NO6. The molecule has 148 valence electrons. The molecule has 27 heavy (non-hydrogen) atoms. The fraction of sp³-hybridized carbons (Fsp3) is 0.600. The average molecular weight is 377 g/mol. The van der Waals surface area contributed by atoms with Gasteiger partial charge in [0.15, 0.2) is 17.6 Å². The monoisotopic (exact) mass is 377 g/mol. The number of carbonyl (C=O) groups excluding carboxylic acids is 2. The molecule has 0 radical (unpaired) electrons. The molecule has 0 aromatic heterocycles. The molecule has 1 saturated carbocycles. The van der Waals surface area contributed by atoms with E-state index in [1.54, 1.807) is 32.0 Å². The highest BCUT2D eigenvalue weighted by Gasteiger charge is 2.37. The second-order valence-electron chi connectivity index (χ2n) is 7.09. The van der Waals surface area contributed by atoms with E-state index in [9.17, 15) is 9.59 Å². The third kappa shape index (κ3) is 4.84. The number of benzene rings is 1. The first-order chi connectivity index (χ1) is 13.0. The number of carbonyl (C=O) groups is 2. The molecular weight excluding hydrogens is 350 g/mol. The van der Waals surface area contributed by atoms with Gasteiger partial charge < -0.3 is 24.3 Å². The summed E-state index contributed by atoms with van der Waals surface area (Å²) < 4.78 is 21.5. The largest absolute Gasteiger partial charge is 0.481 e. The Bertz CT molecular complexity index is 683. The van der Waals surface area contributed by atoms with Gasteiger partial charge in [0.1, 0.15) is 5.75 Å². The van der Waals surface area contributed by atoms with Gasteiger partial charge in [-0.05, 0) is 38.8 Å². The molecule has 0 bridgehead atoms. The summed E-state index contributed by atoms with van der Waals surface area (Å²) in [4.78, 5) is 24.8. The van der Waals surface area contributed by atoms with Crippen LogP contribution in [0.15, 0.2) is 18.2 Å². The lowest BCUT2D eigenvalue weighted by Crippen LogP contribution is -2.54. The van der Waals surface area contributed by atoms with Crippen LogP contribution in [0, 0.1) is 0 Å². The maximum atomic E-state index is 12.7. The van der Waals surface area contributed by atoms with Gasteiger partial charge in [-0.25, -0.2) is 0 Å². The van der Waals surface area contributed by atoms with Crippen LogP contribution in [0.2, 0.25) is 0 Å². The van der Waals surface area contributed by atoms with E-state index in [-0.39, 0.29) is 25.1 Å². The summed E-state index contributed by atoms with van der Waals surface area (Å²) in [5.41, 5.74) is -0.548. The summed E-state index contributed by atoms with van der Waals surface area (Å²) in [5, 5.41) is 3.07. The van der Waals surface area contributed by atoms with Crippen molar-refractivity contribution >= 4 is 11.9 Å². The second-order valence-corrected chi connectivity index (χ2v) is 7.09. The molecule has 3 rings (SSSR count). The Morgan fingerprint density at radius 1 is 1.19 bits per heavy atom. The van der Waals surface area contributed by atoms with Crippen molar-refractivity contribution in [2.75, 3.05) is 13.4 Å². The van der Waals surface area contributed by atoms with Crippen LogP contribution >= 0.6 is 0 Å². The van der Waals surface area contributed by atoms with Crippen LogP contribution in [0.3, 0.4) is 0 Å². The zero-order valence-electron chi connectivity index (χ0n) is 15.9. The molecule has 7 nitrogen and oxygen atoms in total. The third-order valence-electron chi connectivity index (χ3n) is 5.01. The van der Waals surface area contributed by atoms with Crippen molar-refractivity contribution in [2.45, 2.75) is 64.0 Å². The van der Waals surface area contributed by atoms with E-state index in [0.29, 0.717) is 23.9 Å². The van der Waals surface area contributed by atoms with E-state index >= 15 is 0 Å². The van der Waals surface area contributed by atoms with Gasteiger partial charge >= 0.3 is 5.97 Å². The molecule has 0 spiro atoms. The van der Waals surface area contributed by atoms with Gasteiger partial charge in [-0.1, -0.05) is 19.3 Å². The van der Waals surface area contributed by atoms with E-state index in [0.717, 1.165) is 32.1 Å². The van der Waals surface area contributed by atoms with E-state index in [1.807, 2.05) is 0 Å². The minimum absolute atomic E-state index is 0.186. The molecule has 1 heterocycles. The zero-order valence-corrected chi connectivity index (χ0v) is 15.9. The number of nitrogens with one attached hydrogen (secondary N) is 1. The molecule has 2 aliphatic rings. The van der Waals surface area contributed by atoms with Crippen molar-refractivity contribution in [3.8, 4) is 17.2 Å². The smallest absolute Gasteiger partial charge is 0.308 e. The van der Waals surface area contributed by atoms with Gasteiger partial charge in [-0.15, -0.1) is 0 Å². The topological polar surface area (TPSA) is 83.1 Å². The highest BCUT2D eigenvalue weighted by molar-refractivity contribution is 5.82. The van der Waals surface area contributed by atoms with Gasteiger partial charge in [0.25, 0.3) is 5.91 Å². The number of hydrogen-bond donors (Lipinski definition) is 1. The Labute approximate surface area is 159 Å². The van der Waals surface area contributed by atoms with Crippen LogP contribution in [0.4, 0.5) is 0 Å². The van der Waals surface area contributed by atoms with Crippen LogP contribution in [-0.4, -0.2) is 36.9 Å². The highest BCUT2D eigenvalue weighted by atomic mass is 16.7. The summed E-state index contributed by atoms with van der Waals surface area (Å²) >= 11 is 0. The molecule has 1 amide bonds. The Balaban J connectivity index is 1.63. The van der Waals surface area contributed by atoms with Crippen molar-refractivity contribution in [1.29, 1.82) is 0 Å². The fourth-order valence-corrected chi connectivity index (χ4v) is 3.63. The van der Waals surface area contributed by atoms with Gasteiger partial charge in [0, 0.05) is 6.07 Å². The number of rotatable bonds is 7. The summed E-state index contributed by atoms with van der Waals surface area (Å²) in [6.45, 7) is 4.00. The number of amides is 1. The van der Waals surface area contributed by atoms with Crippen LogP contribution in [0.25, 0.3) is 0 Å². The molecule has 0 unspecified atom stereocenters. The number of ether oxygens (including phenoxy) is 4. The fourth-order valence-electron chi connectivity index (χ4n) is 3.63. The van der Waals surface area contributed by atoms with Gasteiger partial charge in [-0.2, -0.15) is 0 Å². The van der Waals surface area contributed by atoms with Crippen molar-refractivity contribution in [3.05, 3.63) is 18.2 Å². The summed E-state index contributed by atoms with van der Waals surface area (Å²) in [6.07, 6.45) is 4.12. The predicted octanol–water partition coefficient (Wildman–Crippen LogP) is 2.95. The quantitative estimate of drug-likeness (QED) is 0.736. The summed E-state index contributed by atoms with van der Waals surface area (Å²) in [6, 6.07) is 5.21. The first-order valence-electron chi connectivity index (χ1n) is 9.55. The standard InChI is InChI=1S/C20H27NO6/c1-3-24-18(22)12-20(9-5-4-6-10-20)21-19(23)14(2)27-15-7-8-16-17(11-15)26-13-25-16/h7-8,11,14H,3-6,9-10,12-13H2,1-2H3,(H,21,23)/t14-/m0/s1.